The highest BCUT2D eigenvalue weighted by Gasteiger charge is 2.32. The zero-order chi connectivity index (χ0) is 19.4. The molecule has 0 aromatic heterocycles. The van der Waals surface area contributed by atoms with Gasteiger partial charge >= 0.3 is 0 Å². The molecule has 0 bridgehead atoms. The third-order valence-corrected chi connectivity index (χ3v) is 4.35. The second-order valence-corrected chi connectivity index (χ2v) is 6.53. The van der Waals surface area contributed by atoms with E-state index in [0.717, 1.165) is 5.56 Å². The molecule has 0 saturated carbocycles. The Labute approximate surface area is 162 Å². The van der Waals surface area contributed by atoms with Crippen LogP contribution in [0.25, 0.3) is 0 Å². The van der Waals surface area contributed by atoms with E-state index in [1.807, 2.05) is 31.2 Å². The van der Waals surface area contributed by atoms with E-state index < -0.39 is 11.8 Å². The van der Waals surface area contributed by atoms with Crippen LogP contribution in [0.1, 0.15) is 5.56 Å². The normalized spacial score (nSPS) is 15.4. The van der Waals surface area contributed by atoms with Crippen molar-refractivity contribution in [3.05, 3.63) is 64.8 Å². The monoisotopic (exact) mass is 385 g/mol. The number of anilines is 3. The number of methoxy groups -OCH3 is 1. The maximum atomic E-state index is 13.2. The fourth-order valence-electron chi connectivity index (χ4n) is 2.73. The summed E-state index contributed by atoms with van der Waals surface area (Å²) >= 11 is 6.09. The number of carbonyl (C=O) groups is 2. The van der Waals surface area contributed by atoms with Gasteiger partial charge in [0.1, 0.15) is 5.57 Å². The summed E-state index contributed by atoms with van der Waals surface area (Å²) in [5.74, 6) is -0.926. The van der Waals surface area contributed by atoms with E-state index in [0.29, 0.717) is 35.2 Å². The van der Waals surface area contributed by atoms with Crippen molar-refractivity contribution in [1.29, 1.82) is 0 Å². The van der Waals surface area contributed by atoms with Crippen molar-refractivity contribution in [2.24, 2.45) is 0 Å². The smallest absolute Gasteiger partial charge is 0.269 e. The molecule has 0 saturated heterocycles. The average Bonchev–Trinajstić information content (AvgIpc) is 2.74. The molecule has 1 heterocycles. The molecule has 0 unspecified atom stereocenters. The molecule has 1 aliphatic rings. The molecule has 0 spiro atoms. The van der Waals surface area contributed by atoms with E-state index in [1.54, 1.807) is 25.3 Å². The van der Waals surface area contributed by atoms with Gasteiger partial charge in [-0.15, -0.1) is 0 Å². The Balaban J connectivity index is 2.08. The Kier molecular flexibility index (Phi) is 5.78. The summed E-state index contributed by atoms with van der Waals surface area (Å²) < 4.78 is 4.97. The van der Waals surface area contributed by atoms with Gasteiger partial charge in [-0.25, -0.2) is 0 Å². The van der Waals surface area contributed by atoms with Crippen molar-refractivity contribution in [2.75, 3.05) is 30.5 Å². The van der Waals surface area contributed by atoms with E-state index in [9.17, 15) is 9.59 Å². The van der Waals surface area contributed by atoms with Crippen LogP contribution >= 0.6 is 11.6 Å². The third-order valence-electron chi connectivity index (χ3n) is 4.11. The summed E-state index contributed by atoms with van der Waals surface area (Å²) in [6.45, 7) is 2.90. The van der Waals surface area contributed by atoms with E-state index in [-0.39, 0.29) is 5.57 Å². The van der Waals surface area contributed by atoms with Crippen molar-refractivity contribution in [3.63, 3.8) is 0 Å². The van der Waals surface area contributed by atoms with Crippen molar-refractivity contribution in [3.8, 4) is 0 Å². The van der Waals surface area contributed by atoms with Gasteiger partial charge in [-0.1, -0.05) is 29.3 Å². The minimum Gasteiger partial charge on any atom is -0.388 e. The van der Waals surface area contributed by atoms with Crippen molar-refractivity contribution < 1.29 is 14.3 Å². The predicted molar refractivity (Wildman–Crippen MR) is 106 cm³/mol. The standard InChI is InChI=1S/C20H20ClN3O3/c1-13-3-6-15(7-4-13)24-18-8-5-14(21)11-17(18)23-19(25)16(20(24)26)12-22-9-10-27-2/h3-8,11-12,22H,9-10H2,1-2H3,(H,23,25)/b16-12-. The highest BCUT2D eigenvalue weighted by Crippen LogP contribution is 2.37. The van der Waals surface area contributed by atoms with Crippen LogP contribution in [-0.4, -0.2) is 32.1 Å². The predicted octanol–water partition coefficient (Wildman–Crippen LogP) is 3.39. The summed E-state index contributed by atoms with van der Waals surface area (Å²) in [4.78, 5) is 27.4. The molecule has 1 aliphatic heterocycles. The number of aryl methyl sites for hydroxylation is 1. The second-order valence-electron chi connectivity index (χ2n) is 6.10. The van der Waals surface area contributed by atoms with Gasteiger partial charge in [-0.05, 0) is 37.3 Å². The van der Waals surface area contributed by atoms with Crippen LogP contribution in [0.3, 0.4) is 0 Å². The topological polar surface area (TPSA) is 70.7 Å². The highest BCUT2D eigenvalue weighted by atomic mass is 35.5. The third kappa shape index (κ3) is 4.13. The van der Waals surface area contributed by atoms with Crippen molar-refractivity contribution >= 4 is 40.5 Å². The number of carbonyl (C=O) groups excluding carboxylic acids is 2. The molecule has 27 heavy (non-hydrogen) atoms. The Morgan fingerprint density at radius 1 is 1.19 bits per heavy atom. The zero-order valence-electron chi connectivity index (χ0n) is 15.1. The van der Waals surface area contributed by atoms with Crippen LogP contribution in [0.5, 0.6) is 0 Å². The number of halogens is 1. The number of benzene rings is 2. The number of amides is 2. The maximum Gasteiger partial charge on any atom is 0.269 e. The van der Waals surface area contributed by atoms with E-state index >= 15 is 0 Å². The summed E-state index contributed by atoms with van der Waals surface area (Å²) in [5.41, 5.74) is 2.76. The molecule has 2 N–H and O–H groups in total. The maximum absolute atomic E-state index is 13.2. The van der Waals surface area contributed by atoms with Crippen LogP contribution in [0, 0.1) is 6.92 Å². The molecule has 0 atom stereocenters. The lowest BCUT2D eigenvalue weighted by Gasteiger charge is -2.23. The first-order valence-corrected chi connectivity index (χ1v) is 8.83. The molecule has 7 heteroatoms. The molecule has 2 aromatic rings. The molecule has 0 fully saturated rings. The summed E-state index contributed by atoms with van der Waals surface area (Å²) in [5, 5.41) is 6.18. The van der Waals surface area contributed by atoms with Gasteiger partial charge in [-0.2, -0.15) is 0 Å². The van der Waals surface area contributed by atoms with Gasteiger partial charge < -0.3 is 15.4 Å². The number of hydrogen-bond acceptors (Lipinski definition) is 4. The summed E-state index contributed by atoms with van der Waals surface area (Å²) in [7, 11) is 1.58. The minimum absolute atomic E-state index is 0.000925. The first-order valence-electron chi connectivity index (χ1n) is 8.46. The molecular weight excluding hydrogens is 366 g/mol. The van der Waals surface area contributed by atoms with Crippen LogP contribution in [0.15, 0.2) is 54.2 Å². The van der Waals surface area contributed by atoms with Crippen LogP contribution in [0.4, 0.5) is 17.1 Å². The number of nitrogens with one attached hydrogen (secondary N) is 2. The summed E-state index contributed by atoms with van der Waals surface area (Å²) in [6, 6.07) is 12.6. The number of hydrogen-bond donors (Lipinski definition) is 2. The molecule has 2 aromatic carbocycles. The lowest BCUT2D eigenvalue weighted by Crippen LogP contribution is -2.30. The van der Waals surface area contributed by atoms with Crippen molar-refractivity contribution in [1.82, 2.24) is 5.32 Å². The lowest BCUT2D eigenvalue weighted by atomic mass is 10.1. The van der Waals surface area contributed by atoms with Crippen molar-refractivity contribution in [2.45, 2.75) is 6.92 Å². The Hall–Kier alpha value is -2.83. The van der Waals surface area contributed by atoms with Gasteiger partial charge in [-0.3, -0.25) is 14.5 Å². The van der Waals surface area contributed by atoms with Gasteiger partial charge in [0.05, 0.1) is 18.0 Å². The molecule has 0 radical (unpaired) electrons. The molecule has 140 valence electrons. The van der Waals surface area contributed by atoms with E-state index in [2.05, 4.69) is 10.6 Å². The minimum atomic E-state index is -0.497. The second kappa shape index (κ2) is 8.24. The highest BCUT2D eigenvalue weighted by molar-refractivity contribution is 6.34. The SMILES string of the molecule is COCCN/C=C1/C(=O)Nc2cc(Cl)ccc2N(c2ccc(C)cc2)C1=O. The number of ether oxygens (including phenoxy) is 1. The fraction of sp³-hybridized carbons (Fsp3) is 0.200. The largest absolute Gasteiger partial charge is 0.388 e. The zero-order valence-corrected chi connectivity index (χ0v) is 15.8. The van der Waals surface area contributed by atoms with Crippen LogP contribution in [0.2, 0.25) is 5.02 Å². The fourth-order valence-corrected chi connectivity index (χ4v) is 2.90. The Morgan fingerprint density at radius 2 is 1.93 bits per heavy atom. The number of rotatable bonds is 5. The first-order chi connectivity index (χ1) is 13.0. The van der Waals surface area contributed by atoms with E-state index in [1.165, 1.54) is 11.1 Å². The average molecular weight is 386 g/mol. The van der Waals surface area contributed by atoms with Gasteiger partial charge in [0.25, 0.3) is 11.8 Å². The van der Waals surface area contributed by atoms with Gasteiger partial charge in [0, 0.05) is 30.6 Å². The number of fused-ring (bicyclic) bond motifs is 1. The van der Waals surface area contributed by atoms with Crippen LogP contribution in [-0.2, 0) is 14.3 Å². The van der Waals surface area contributed by atoms with Gasteiger partial charge in [0.15, 0.2) is 0 Å². The molecular formula is C20H20ClN3O3. The molecule has 3 rings (SSSR count). The van der Waals surface area contributed by atoms with Crippen LogP contribution < -0.4 is 15.5 Å². The molecule has 6 nitrogen and oxygen atoms in total. The van der Waals surface area contributed by atoms with Gasteiger partial charge in [0.2, 0.25) is 0 Å². The number of nitrogens with zero attached hydrogens (tertiary/aromatic N) is 1. The first kappa shape index (κ1) is 18.9. The Morgan fingerprint density at radius 3 is 2.63 bits per heavy atom. The molecule has 0 aliphatic carbocycles. The lowest BCUT2D eigenvalue weighted by molar-refractivity contribution is -0.119. The quantitative estimate of drug-likeness (QED) is 0.470. The Bertz CT molecular complexity index is 894. The molecule has 2 amide bonds. The summed E-state index contributed by atoms with van der Waals surface area (Å²) in [6.07, 6.45) is 1.42. The van der Waals surface area contributed by atoms with E-state index in [4.69, 9.17) is 16.3 Å².